The van der Waals surface area contributed by atoms with E-state index in [1.807, 2.05) is 0 Å². The SMILES string of the molecule is CCCCCCCC(=O)N/N=C/c1c(C)cc(C)cc1C. The highest BCUT2D eigenvalue weighted by molar-refractivity contribution is 5.85. The molecular weight excluding hydrogens is 260 g/mol. The number of amides is 1. The summed E-state index contributed by atoms with van der Waals surface area (Å²) in [5.74, 6) is 0.00478. The van der Waals surface area contributed by atoms with E-state index >= 15 is 0 Å². The van der Waals surface area contributed by atoms with Gasteiger partial charge in [-0.3, -0.25) is 4.79 Å². The van der Waals surface area contributed by atoms with E-state index in [9.17, 15) is 4.79 Å². The second-order valence-corrected chi connectivity index (χ2v) is 5.77. The maximum atomic E-state index is 11.7. The van der Waals surface area contributed by atoms with Crippen LogP contribution in [0.3, 0.4) is 0 Å². The lowest BCUT2D eigenvalue weighted by Crippen LogP contribution is -2.17. The molecule has 0 fully saturated rings. The minimum atomic E-state index is 0.00478. The highest BCUT2D eigenvalue weighted by Crippen LogP contribution is 2.14. The maximum absolute atomic E-state index is 11.7. The second kappa shape index (κ2) is 9.32. The molecule has 0 saturated carbocycles. The average Bonchev–Trinajstić information content (AvgIpc) is 2.41. The van der Waals surface area contributed by atoms with Crippen molar-refractivity contribution in [2.75, 3.05) is 0 Å². The zero-order valence-corrected chi connectivity index (χ0v) is 13.8. The fraction of sp³-hybridized carbons (Fsp3) is 0.556. The number of nitrogens with zero attached hydrogens (tertiary/aromatic N) is 1. The molecule has 1 rings (SSSR count). The highest BCUT2D eigenvalue weighted by atomic mass is 16.2. The van der Waals surface area contributed by atoms with Crippen molar-refractivity contribution < 1.29 is 4.79 Å². The molecule has 1 N–H and O–H groups in total. The zero-order valence-electron chi connectivity index (χ0n) is 13.8. The van der Waals surface area contributed by atoms with Crippen molar-refractivity contribution in [3.8, 4) is 0 Å². The standard InChI is InChI=1S/C18H28N2O/c1-5-6-7-8-9-10-18(21)20-19-13-17-15(3)11-14(2)12-16(17)4/h11-13H,5-10H2,1-4H3,(H,20,21)/b19-13+. The van der Waals surface area contributed by atoms with E-state index in [1.54, 1.807) is 6.21 Å². The number of hydrogen-bond donors (Lipinski definition) is 1. The van der Waals surface area contributed by atoms with Gasteiger partial charge in [0.15, 0.2) is 0 Å². The van der Waals surface area contributed by atoms with Gasteiger partial charge in [-0.15, -0.1) is 0 Å². The van der Waals surface area contributed by atoms with Gasteiger partial charge < -0.3 is 0 Å². The molecule has 0 unspecified atom stereocenters. The Kier molecular flexibility index (Phi) is 7.73. The number of hydrogen-bond acceptors (Lipinski definition) is 2. The van der Waals surface area contributed by atoms with Crippen molar-refractivity contribution in [3.05, 3.63) is 34.4 Å². The summed E-state index contributed by atoms with van der Waals surface area (Å²) >= 11 is 0. The summed E-state index contributed by atoms with van der Waals surface area (Å²) < 4.78 is 0. The summed E-state index contributed by atoms with van der Waals surface area (Å²) in [6.07, 6.45) is 8.09. The van der Waals surface area contributed by atoms with Gasteiger partial charge in [0.25, 0.3) is 0 Å². The monoisotopic (exact) mass is 288 g/mol. The van der Waals surface area contributed by atoms with Gasteiger partial charge in [0.1, 0.15) is 0 Å². The fourth-order valence-corrected chi connectivity index (χ4v) is 2.51. The Morgan fingerprint density at radius 2 is 1.71 bits per heavy atom. The molecule has 3 heteroatoms. The first-order valence-electron chi connectivity index (χ1n) is 7.94. The van der Waals surface area contributed by atoms with Crippen molar-refractivity contribution in [1.29, 1.82) is 0 Å². The van der Waals surface area contributed by atoms with Gasteiger partial charge in [-0.25, -0.2) is 5.43 Å². The molecule has 0 saturated heterocycles. The van der Waals surface area contributed by atoms with Crippen molar-refractivity contribution in [2.24, 2.45) is 5.10 Å². The first-order chi connectivity index (χ1) is 10.0. The number of aryl methyl sites for hydroxylation is 3. The summed E-state index contributed by atoms with van der Waals surface area (Å²) in [5.41, 5.74) is 7.33. The Labute approximate surface area is 128 Å². The maximum Gasteiger partial charge on any atom is 0.240 e. The molecule has 1 aromatic carbocycles. The normalized spacial score (nSPS) is 11.0. The predicted molar refractivity (Wildman–Crippen MR) is 89.8 cm³/mol. The van der Waals surface area contributed by atoms with Crippen molar-refractivity contribution in [3.63, 3.8) is 0 Å². The quantitative estimate of drug-likeness (QED) is 0.429. The van der Waals surface area contributed by atoms with Crippen LogP contribution in [0.2, 0.25) is 0 Å². The van der Waals surface area contributed by atoms with Crippen molar-refractivity contribution in [1.82, 2.24) is 5.43 Å². The highest BCUT2D eigenvalue weighted by Gasteiger charge is 2.02. The van der Waals surface area contributed by atoms with Crippen LogP contribution < -0.4 is 5.43 Å². The molecule has 1 aromatic rings. The Morgan fingerprint density at radius 3 is 2.33 bits per heavy atom. The van der Waals surface area contributed by atoms with Gasteiger partial charge in [-0.1, -0.05) is 50.3 Å². The topological polar surface area (TPSA) is 41.5 Å². The Balaban J connectivity index is 2.39. The third-order valence-corrected chi connectivity index (χ3v) is 3.63. The number of carbonyl (C=O) groups excluding carboxylic acids is 1. The molecule has 0 atom stereocenters. The van der Waals surface area contributed by atoms with Crippen LogP contribution in [0.5, 0.6) is 0 Å². The lowest BCUT2D eigenvalue weighted by Gasteiger charge is -2.06. The molecule has 0 aromatic heterocycles. The molecule has 0 spiro atoms. The minimum absolute atomic E-state index is 0.00478. The average molecular weight is 288 g/mol. The number of hydrazone groups is 1. The third-order valence-electron chi connectivity index (χ3n) is 3.63. The van der Waals surface area contributed by atoms with Crippen LogP contribution in [0.4, 0.5) is 0 Å². The molecule has 0 heterocycles. The number of rotatable bonds is 8. The summed E-state index contributed by atoms with van der Waals surface area (Å²) in [4.78, 5) is 11.7. The molecule has 1 amide bonds. The Hall–Kier alpha value is -1.64. The van der Waals surface area contributed by atoms with Crippen LogP contribution in [0, 0.1) is 20.8 Å². The minimum Gasteiger partial charge on any atom is -0.273 e. The second-order valence-electron chi connectivity index (χ2n) is 5.77. The smallest absolute Gasteiger partial charge is 0.240 e. The summed E-state index contributed by atoms with van der Waals surface area (Å²) in [5, 5.41) is 4.08. The first-order valence-corrected chi connectivity index (χ1v) is 7.94. The Morgan fingerprint density at radius 1 is 1.10 bits per heavy atom. The van der Waals surface area contributed by atoms with Crippen LogP contribution in [0.15, 0.2) is 17.2 Å². The largest absolute Gasteiger partial charge is 0.273 e. The van der Waals surface area contributed by atoms with E-state index in [4.69, 9.17) is 0 Å². The van der Waals surface area contributed by atoms with E-state index in [0.29, 0.717) is 6.42 Å². The van der Waals surface area contributed by atoms with Crippen LogP contribution >= 0.6 is 0 Å². The van der Waals surface area contributed by atoms with Crippen molar-refractivity contribution >= 4 is 12.1 Å². The molecule has 0 aliphatic rings. The summed E-state index contributed by atoms with van der Waals surface area (Å²) in [6, 6.07) is 4.26. The zero-order chi connectivity index (χ0) is 15.7. The van der Waals surface area contributed by atoms with Gasteiger partial charge in [-0.2, -0.15) is 5.10 Å². The lowest BCUT2D eigenvalue weighted by molar-refractivity contribution is -0.121. The number of nitrogens with one attached hydrogen (secondary N) is 1. The molecule has 3 nitrogen and oxygen atoms in total. The van der Waals surface area contributed by atoms with Gasteiger partial charge in [0.05, 0.1) is 6.21 Å². The molecular formula is C18H28N2O. The van der Waals surface area contributed by atoms with Crippen LogP contribution in [-0.2, 0) is 4.79 Å². The lowest BCUT2D eigenvalue weighted by atomic mass is 10.0. The van der Waals surface area contributed by atoms with E-state index in [1.165, 1.54) is 36.0 Å². The fourth-order valence-electron chi connectivity index (χ4n) is 2.51. The molecule has 0 radical (unpaired) electrons. The number of benzene rings is 1. The number of carbonyl (C=O) groups is 1. The predicted octanol–water partition coefficient (Wildman–Crippen LogP) is 4.42. The molecule has 0 bridgehead atoms. The summed E-state index contributed by atoms with van der Waals surface area (Å²) in [6.45, 7) is 8.41. The summed E-state index contributed by atoms with van der Waals surface area (Å²) in [7, 11) is 0. The number of unbranched alkanes of at least 4 members (excludes halogenated alkanes) is 4. The van der Waals surface area contributed by atoms with Gasteiger partial charge >= 0.3 is 0 Å². The van der Waals surface area contributed by atoms with Crippen LogP contribution in [0.1, 0.15) is 67.7 Å². The molecule has 116 valence electrons. The van der Waals surface area contributed by atoms with E-state index in [2.05, 4.69) is 50.4 Å². The third kappa shape index (κ3) is 6.56. The van der Waals surface area contributed by atoms with Gasteiger partial charge in [0.2, 0.25) is 5.91 Å². The molecule has 0 aliphatic heterocycles. The molecule has 0 aliphatic carbocycles. The van der Waals surface area contributed by atoms with Crippen LogP contribution in [0.25, 0.3) is 0 Å². The van der Waals surface area contributed by atoms with Crippen molar-refractivity contribution in [2.45, 2.75) is 66.2 Å². The van der Waals surface area contributed by atoms with Gasteiger partial charge in [-0.05, 0) is 38.3 Å². The first kappa shape index (κ1) is 17.4. The van der Waals surface area contributed by atoms with E-state index in [0.717, 1.165) is 18.4 Å². The molecule has 21 heavy (non-hydrogen) atoms. The van der Waals surface area contributed by atoms with Gasteiger partial charge in [0, 0.05) is 12.0 Å². The Bertz CT molecular complexity index is 469. The van der Waals surface area contributed by atoms with Crippen LogP contribution in [-0.4, -0.2) is 12.1 Å². The van der Waals surface area contributed by atoms with E-state index < -0.39 is 0 Å². The van der Waals surface area contributed by atoms with E-state index in [-0.39, 0.29) is 5.91 Å².